The van der Waals surface area contributed by atoms with Crippen LogP contribution in [0.5, 0.6) is 11.5 Å². The van der Waals surface area contributed by atoms with Crippen molar-refractivity contribution in [2.45, 2.75) is 36.2 Å². The van der Waals surface area contributed by atoms with Crippen LogP contribution in [0, 0.1) is 0 Å². The Labute approximate surface area is 271 Å². The Morgan fingerprint density at radius 3 is 2.69 bits per heavy atom. The highest BCUT2D eigenvalue weighted by Crippen LogP contribution is 2.34. The van der Waals surface area contributed by atoms with Crippen molar-refractivity contribution in [3.8, 4) is 22.6 Å². The smallest absolute Gasteiger partial charge is 0.329 e. The lowest BCUT2D eigenvalue weighted by Crippen LogP contribution is -3.07. The normalized spacial score (nSPS) is 26.9. The highest BCUT2D eigenvalue weighted by molar-refractivity contribution is 6.06. The molecule has 7 unspecified atom stereocenters. The van der Waals surface area contributed by atoms with Crippen LogP contribution in [0.1, 0.15) is 0 Å². The summed E-state index contributed by atoms with van der Waals surface area (Å²) in [6.45, 7) is -1.57. The summed E-state index contributed by atoms with van der Waals surface area (Å²) < 4.78 is 22.8. The number of phenols is 1. The van der Waals surface area contributed by atoms with E-state index in [1.807, 2.05) is 0 Å². The number of hydrogen-bond donors (Lipinski definition) is 6. The number of aliphatic imine (C=N–C) groups is 1. The number of ether oxygens (including phenoxy) is 3. The van der Waals surface area contributed by atoms with Gasteiger partial charge in [-0.1, -0.05) is 12.1 Å². The van der Waals surface area contributed by atoms with E-state index < -0.39 is 61.4 Å². The predicted molar refractivity (Wildman–Crippen MR) is 161 cm³/mol. The number of carbonyl (C=O) groups excluding carboxylic acids is 2. The fourth-order valence-corrected chi connectivity index (χ4v) is 5.63. The number of esters is 1. The van der Waals surface area contributed by atoms with E-state index in [-0.39, 0.29) is 40.0 Å². The minimum atomic E-state index is -2.46. The molecule has 2 aromatic carbocycles. The molecule has 3 aliphatic heterocycles. The van der Waals surface area contributed by atoms with Crippen molar-refractivity contribution in [1.29, 1.82) is 0 Å². The van der Waals surface area contributed by atoms with Gasteiger partial charge in [0.05, 0.1) is 29.1 Å². The molecule has 0 spiro atoms. The Balaban J connectivity index is 1.30. The number of nitrogens with one attached hydrogen (secondary N) is 2. The Bertz CT molecular complexity index is 1870. The third kappa shape index (κ3) is 6.20. The number of phenolic OH excluding ortho intramolecular Hbond substituents is 1. The van der Waals surface area contributed by atoms with Crippen molar-refractivity contribution in [2.75, 3.05) is 26.8 Å². The summed E-state index contributed by atoms with van der Waals surface area (Å²) in [6.07, 6.45) is -0.305. The molecule has 16 heteroatoms. The molecule has 6 N–H and O–H groups in total. The second-order valence-corrected chi connectivity index (χ2v) is 11.3. The summed E-state index contributed by atoms with van der Waals surface area (Å²) in [6, 6.07) is 8.48. The molecule has 16 nitrogen and oxygen atoms in total. The maximum Gasteiger partial charge on any atom is 0.329 e. The zero-order valence-electron chi connectivity index (χ0n) is 25.3. The minimum absolute atomic E-state index is 0.0371. The van der Waals surface area contributed by atoms with E-state index in [1.165, 1.54) is 43.6 Å². The minimum Gasteiger partial charge on any atom is -0.548 e. The Hall–Kier alpha value is -4.94. The van der Waals surface area contributed by atoms with Crippen LogP contribution < -0.4 is 25.7 Å². The number of carboxylic acid groups (broad SMARTS) is 1. The monoisotopic (exact) mass is 665 g/mol. The number of aliphatic hydroxyl groups is 3. The van der Waals surface area contributed by atoms with Crippen molar-refractivity contribution in [2.24, 2.45) is 4.99 Å². The number of aromatic hydroxyl groups is 1. The average molecular weight is 666 g/mol. The number of hydrogen-bond acceptors (Lipinski definition) is 15. The van der Waals surface area contributed by atoms with Crippen LogP contribution in [0.15, 0.2) is 87.0 Å². The van der Waals surface area contributed by atoms with E-state index in [0.717, 1.165) is 5.57 Å². The van der Waals surface area contributed by atoms with Gasteiger partial charge in [0.1, 0.15) is 60.1 Å². The topological polar surface area (TPSA) is 234 Å². The maximum atomic E-state index is 13.3. The number of hydroxylamine groups is 2. The Morgan fingerprint density at radius 2 is 2.00 bits per heavy atom. The first-order chi connectivity index (χ1) is 23.0. The van der Waals surface area contributed by atoms with Crippen molar-refractivity contribution in [3.63, 3.8) is 0 Å². The molecule has 0 aliphatic carbocycles. The molecule has 0 saturated carbocycles. The second-order valence-electron chi connectivity index (χ2n) is 11.3. The van der Waals surface area contributed by atoms with Crippen LogP contribution in [0.3, 0.4) is 0 Å². The highest BCUT2D eigenvalue weighted by Gasteiger charge is 2.60. The molecule has 0 bridgehead atoms. The first-order valence-electron chi connectivity index (χ1n) is 14.7. The van der Waals surface area contributed by atoms with Crippen molar-refractivity contribution in [3.05, 3.63) is 83.0 Å². The van der Waals surface area contributed by atoms with Gasteiger partial charge in [-0.3, -0.25) is 9.79 Å². The van der Waals surface area contributed by atoms with Gasteiger partial charge in [0.25, 0.3) is 0 Å². The fraction of sp³-hybridized carbons (Fsp3) is 0.312. The number of likely N-dealkylation sites (N-methyl/N-ethyl adjacent to an activating group) is 1. The first-order valence-corrected chi connectivity index (χ1v) is 14.7. The van der Waals surface area contributed by atoms with Gasteiger partial charge in [-0.2, -0.15) is 9.90 Å². The van der Waals surface area contributed by atoms with Crippen LogP contribution >= 0.6 is 0 Å². The van der Waals surface area contributed by atoms with Crippen molar-refractivity contribution >= 4 is 28.6 Å². The van der Waals surface area contributed by atoms with Crippen molar-refractivity contribution < 1.29 is 63.7 Å². The number of quaternary nitrogens is 1. The summed E-state index contributed by atoms with van der Waals surface area (Å²) in [5.41, 5.74) is -0.415. The number of carboxylic acids is 1. The molecule has 3 aromatic rings. The summed E-state index contributed by atoms with van der Waals surface area (Å²) >= 11 is 0. The van der Waals surface area contributed by atoms with Gasteiger partial charge in [-0.15, -0.1) is 0 Å². The summed E-state index contributed by atoms with van der Waals surface area (Å²) in [5.74, 6) is -2.89. The predicted octanol–water partition coefficient (Wildman–Crippen LogP) is -2.71. The lowest BCUT2D eigenvalue weighted by Gasteiger charge is -2.47. The molecule has 4 heterocycles. The van der Waals surface area contributed by atoms with E-state index in [1.54, 1.807) is 30.6 Å². The largest absolute Gasteiger partial charge is 0.548 e. The van der Waals surface area contributed by atoms with E-state index in [4.69, 9.17) is 23.5 Å². The number of fused-ring (bicyclic) bond motifs is 2. The van der Waals surface area contributed by atoms with E-state index in [9.17, 15) is 39.9 Å². The lowest BCUT2D eigenvalue weighted by molar-refractivity contribution is -1.05. The van der Waals surface area contributed by atoms with Gasteiger partial charge in [-0.25, -0.2) is 4.79 Å². The first kappa shape index (κ1) is 33.0. The van der Waals surface area contributed by atoms with Gasteiger partial charge in [0.2, 0.25) is 12.4 Å². The van der Waals surface area contributed by atoms with Gasteiger partial charge < -0.3 is 54.3 Å². The van der Waals surface area contributed by atoms with E-state index >= 15 is 0 Å². The molecule has 1 fully saturated rings. The summed E-state index contributed by atoms with van der Waals surface area (Å²) in [4.78, 5) is 47.3. The molecular formula is C32H31N3O13. The summed E-state index contributed by atoms with van der Waals surface area (Å²) in [7, 11) is 1.20. The molecule has 3 aliphatic rings. The second kappa shape index (κ2) is 13.3. The maximum absolute atomic E-state index is 13.3. The SMILES string of the molecule is CNC(C(=O)[O-])C(=O)OCC1OC(Oc2ccc3c(=O)c(-c4ccc(O)cc4)coc3c2)C(O[NH+]2C=C3C=CN=C3C2)C(O)(CO)C1O. The van der Waals surface area contributed by atoms with Crippen LogP contribution in [-0.4, -0.2) is 101 Å². The number of allylic oxidation sites excluding steroid dienone is 1. The highest BCUT2D eigenvalue weighted by atomic mass is 16.8. The number of nitrogens with zero attached hydrogens (tertiary/aromatic N) is 1. The van der Waals surface area contributed by atoms with E-state index in [0.29, 0.717) is 16.3 Å². The summed E-state index contributed by atoms with van der Waals surface area (Å²) in [5, 5.41) is 56.9. The third-order valence-electron chi connectivity index (χ3n) is 8.25. The molecular weight excluding hydrogens is 634 g/mol. The quantitative estimate of drug-likeness (QED) is 0.0903. The fourth-order valence-electron chi connectivity index (χ4n) is 5.63. The van der Waals surface area contributed by atoms with Crippen LogP contribution in [0.25, 0.3) is 22.1 Å². The van der Waals surface area contributed by atoms with Crippen LogP contribution in [-0.2, 0) is 23.9 Å². The van der Waals surface area contributed by atoms with Crippen molar-refractivity contribution in [1.82, 2.24) is 5.32 Å². The molecule has 1 aromatic heterocycles. The Kier molecular flexibility index (Phi) is 9.13. The number of carbonyl (C=O) groups is 2. The molecule has 252 valence electrons. The number of aliphatic carboxylic acids is 1. The zero-order valence-corrected chi connectivity index (χ0v) is 25.3. The van der Waals surface area contributed by atoms with Crippen LogP contribution in [0.2, 0.25) is 0 Å². The van der Waals surface area contributed by atoms with Gasteiger partial charge in [-0.05, 0) is 43.0 Å². The standard InChI is InChI=1S/C32H31N3O13/c1-33-25(29(40)41)30(42)45-14-24-27(39)32(43,15-36)28(48-35-11-17-8-9-34-22(17)12-35)31(47-24)46-19-6-7-20-23(10-19)44-13-21(26(20)38)16-2-4-18(37)5-3-16/h2-11,13,24-25,27-28,31,33,36-37,39,43H,12,14-15H2,1H3,(H,40,41). The van der Waals surface area contributed by atoms with Gasteiger partial charge >= 0.3 is 5.97 Å². The average Bonchev–Trinajstić information content (AvgIpc) is 3.67. The molecule has 1 saturated heterocycles. The molecule has 7 atom stereocenters. The third-order valence-corrected chi connectivity index (χ3v) is 8.25. The molecule has 48 heavy (non-hydrogen) atoms. The lowest BCUT2D eigenvalue weighted by atomic mass is 9.84. The van der Waals surface area contributed by atoms with Crippen LogP contribution in [0.4, 0.5) is 0 Å². The number of rotatable bonds is 11. The van der Waals surface area contributed by atoms with Gasteiger partial charge in [0, 0.05) is 12.3 Å². The van der Waals surface area contributed by atoms with Gasteiger partial charge in [0.15, 0.2) is 17.6 Å². The number of aliphatic hydroxyl groups excluding tert-OH is 2. The molecule has 6 rings (SSSR count). The molecule has 0 radical (unpaired) electrons. The van der Waals surface area contributed by atoms with E-state index in [2.05, 4.69) is 10.3 Å². The number of benzene rings is 2. The molecule has 0 amide bonds. The Morgan fingerprint density at radius 1 is 1.23 bits per heavy atom. The zero-order chi connectivity index (χ0) is 34.2.